The van der Waals surface area contributed by atoms with E-state index in [0.29, 0.717) is 16.6 Å². The molecule has 1 aromatic rings. The largest absolute Gasteiger partial charge is 0.381 e. The summed E-state index contributed by atoms with van der Waals surface area (Å²) in [7, 11) is 0. The van der Waals surface area contributed by atoms with E-state index in [0.717, 1.165) is 51.4 Å². The van der Waals surface area contributed by atoms with E-state index in [9.17, 15) is 4.79 Å². The molecule has 0 aromatic carbocycles. The van der Waals surface area contributed by atoms with Gasteiger partial charge in [0.1, 0.15) is 11.0 Å². The molecule has 4 rings (SSSR count). The van der Waals surface area contributed by atoms with Crippen molar-refractivity contribution in [3.63, 3.8) is 0 Å². The van der Waals surface area contributed by atoms with Crippen molar-refractivity contribution in [2.24, 2.45) is 5.41 Å². The van der Waals surface area contributed by atoms with Gasteiger partial charge in [0.2, 0.25) is 0 Å². The van der Waals surface area contributed by atoms with Gasteiger partial charge in [-0.25, -0.2) is 4.79 Å². The Morgan fingerprint density at radius 3 is 2.95 bits per heavy atom. The molecule has 1 aromatic heterocycles. The van der Waals surface area contributed by atoms with Crippen LogP contribution in [-0.4, -0.2) is 35.4 Å². The predicted octanol–water partition coefficient (Wildman–Crippen LogP) is 1.68. The zero-order chi connectivity index (χ0) is 13.7. The fourth-order valence-electron chi connectivity index (χ4n) is 4.06. The van der Waals surface area contributed by atoms with Crippen molar-refractivity contribution in [3.05, 3.63) is 21.7 Å². The van der Waals surface area contributed by atoms with Crippen molar-refractivity contribution >= 4 is 17.4 Å². The van der Waals surface area contributed by atoms with Crippen molar-refractivity contribution in [1.82, 2.24) is 9.55 Å². The zero-order valence-electron chi connectivity index (χ0n) is 11.3. The SMILES string of the molecule is O=c1nc(Cl)cc2n1CC1CC3(CCOCC3)CCN21. The van der Waals surface area contributed by atoms with Crippen molar-refractivity contribution in [2.45, 2.75) is 38.3 Å². The Hall–Kier alpha value is -1.07. The highest BCUT2D eigenvalue weighted by atomic mass is 35.5. The van der Waals surface area contributed by atoms with Gasteiger partial charge in [0.25, 0.3) is 0 Å². The van der Waals surface area contributed by atoms with Crippen LogP contribution in [-0.2, 0) is 11.3 Å². The molecular formula is C14H18ClN3O2. The number of hydrogen-bond donors (Lipinski definition) is 0. The number of fused-ring (bicyclic) bond motifs is 3. The smallest absolute Gasteiger partial charge is 0.350 e. The van der Waals surface area contributed by atoms with Crippen molar-refractivity contribution in [3.8, 4) is 0 Å². The summed E-state index contributed by atoms with van der Waals surface area (Å²) in [6.07, 6.45) is 4.64. The lowest BCUT2D eigenvalue weighted by Crippen LogP contribution is -2.47. The van der Waals surface area contributed by atoms with Gasteiger partial charge in [-0.2, -0.15) is 4.98 Å². The van der Waals surface area contributed by atoms with Crippen LogP contribution in [0.15, 0.2) is 10.9 Å². The fourth-order valence-corrected chi connectivity index (χ4v) is 4.23. The number of hydrogen-bond acceptors (Lipinski definition) is 4. The van der Waals surface area contributed by atoms with Crippen LogP contribution >= 0.6 is 11.6 Å². The maximum Gasteiger partial charge on any atom is 0.350 e. The minimum Gasteiger partial charge on any atom is -0.381 e. The second-order valence-electron chi connectivity index (χ2n) is 6.24. The van der Waals surface area contributed by atoms with E-state index in [2.05, 4.69) is 9.88 Å². The number of rotatable bonds is 0. The molecular weight excluding hydrogens is 278 g/mol. The second kappa shape index (κ2) is 4.46. The first-order valence-corrected chi connectivity index (χ1v) is 7.67. The monoisotopic (exact) mass is 295 g/mol. The van der Waals surface area contributed by atoms with E-state index in [1.807, 2.05) is 6.07 Å². The van der Waals surface area contributed by atoms with Gasteiger partial charge >= 0.3 is 5.69 Å². The number of aromatic nitrogens is 2. The van der Waals surface area contributed by atoms with Gasteiger partial charge in [-0.3, -0.25) is 4.57 Å². The Balaban J connectivity index is 1.64. The summed E-state index contributed by atoms with van der Waals surface area (Å²) in [4.78, 5) is 18.1. The number of halogens is 1. The van der Waals surface area contributed by atoms with E-state index in [1.165, 1.54) is 6.42 Å². The molecule has 0 radical (unpaired) electrons. The molecule has 1 unspecified atom stereocenters. The standard InChI is InChI=1S/C14H18ClN3O2/c15-11-7-12-17-4-1-14(2-5-20-6-3-14)8-10(17)9-18(12)13(19)16-11/h7,10H,1-6,8-9H2. The Bertz CT molecular complexity index is 595. The molecule has 0 amide bonds. The molecule has 4 heterocycles. The summed E-state index contributed by atoms with van der Waals surface area (Å²) in [6, 6.07) is 2.24. The molecule has 2 saturated heterocycles. The maximum atomic E-state index is 12.0. The molecule has 6 heteroatoms. The lowest BCUT2D eigenvalue weighted by Gasteiger charge is -2.46. The number of piperidine rings is 1. The van der Waals surface area contributed by atoms with Gasteiger partial charge in [0, 0.05) is 38.4 Å². The Morgan fingerprint density at radius 2 is 2.15 bits per heavy atom. The molecule has 0 N–H and O–H groups in total. The minimum atomic E-state index is -0.220. The number of anilines is 1. The van der Waals surface area contributed by atoms with Crippen LogP contribution in [0.2, 0.25) is 5.15 Å². The molecule has 0 saturated carbocycles. The summed E-state index contributed by atoms with van der Waals surface area (Å²) in [6.45, 7) is 3.52. The first kappa shape index (κ1) is 12.7. The molecule has 3 aliphatic rings. The van der Waals surface area contributed by atoms with Crippen LogP contribution < -0.4 is 10.6 Å². The number of ether oxygens (including phenoxy) is 1. The average Bonchev–Trinajstić information content (AvgIpc) is 2.77. The van der Waals surface area contributed by atoms with Crippen molar-refractivity contribution in [1.29, 1.82) is 0 Å². The highest BCUT2D eigenvalue weighted by Crippen LogP contribution is 2.46. The van der Waals surface area contributed by atoms with Gasteiger partial charge < -0.3 is 9.64 Å². The average molecular weight is 296 g/mol. The Kier molecular flexibility index (Phi) is 2.82. The summed E-state index contributed by atoms with van der Waals surface area (Å²) in [5.74, 6) is 0.946. The van der Waals surface area contributed by atoms with Crippen LogP contribution in [0.4, 0.5) is 5.82 Å². The third kappa shape index (κ3) is 1.87. The van der Waals surface area contributed by atoms with E-state index in [-0.39, 0.29) is 5.69 Å². The van der Waals surface area contributed by atoms with Crippen LogP contribution in [0.3, 0.4) is 0 Å². The van der Waals surface area contributed by atoms with Crippen LogP contribution in [0.25, 0.3) is 0 Å². The normalized spacial score (nSPS) is 27.4. The van der Waals surface area contributed by atoms with Crippen LogP contribution in [0.1, 0.15) is 25.7 Å². The highest BCUT2D eigenvalue weighted by molar-refractivity contribution is 6.29. The predicted molar refractivity (Wildman–Crippen MR) is 76.4 cm³/mol. The van der Waals surface area contributed by atoms with Gasteiger partial charge in [-0.1, -0.05) is 11.6 Å². The van der Waals surface area contributed by atoms with Gasteiger partial charge in [0.05, 0.1) is 0 Å². The summed E-state index contributed by atoms with van der Waals surface area (Å²) in [5.41, 5.74) is 0.199. The van der Waals surface area contributed by atoms with Crippen LogP contribution in [0, 0.1) is 5.41 Å². The lowest BCUT2D eigenvalue weighted by molar-refractivity contribution is -0.00447. The summed E-state index contributed by atoms with van der Waals surface area (Å²) < 4.78 is 7.28. The maximum absolute atomic E-state index is 12.0. The third-order valence-corrected chi connectivity index (χ3v) is 5.39. The van der Waals surface area contributed by atoms with E-state index in [4.69, 9.17) is 16.3 Å². The van der Waals surface area contributed by atoms with E-state index >= 15 is 0 Å². The molecule has 5 nitrogen and oxygen atoms in total. The first-order valence-electron chi connectivity index (χ1n) is 7.29. The molecule has 2 fully saturated rings. The second-order valence-corrected chi connectivity index (χ2v) is 6.63. The molecule has 20 heavy (non-hydrogen) atoms. The molecule has 1 atom stereocenters. The van der Waals surface area contributed by atoms with Gasteiger partial charge in [-0.15, -0.1) is 0 Å². The van der Waals surface area contributed by atoms with Crippen molar-refractivity contribution in [2.75, 3.05) is 24.7 Å². The molecule has 0 aliphatic carbocycles. The topological polar surface area (TPSA) is 47.4 Å². The summed E-state index contributed by atoms with van der Waals surface area (Å²) >= 11 is 5.93. The molecule has 108 valence electrons. The zero-order valence-corrected chi connectivity index (χ0v) is 12.1. The molecule has 1 spiro atoms. The Morgan fingerprint density at radius 1 is 1.35 bits per heavy atom. The molecule has 0 bridgehead atoms. The third-order valence-electron chi connectivity index (χ3n) is 5.19. The quantitative estimate of drug-likeness (QED) is 0.683. The highest BCUT2D eigenvalue weighted by Gasteiger charge is 2.44. The van der Waals surface area contributed by atoms with Crippen LogP contribution in [0.5, 0.6) is 0 Å². The lowest BCUT2D eigenvalue weighted by atomic mass is 9.70. The summed E-state index contributed by atoms with van der Waals surface area (Å²) in [5, 5.41) is 0.299. The van der Waals surface area contributed by atoms with Gasteiger partial charge in [-0.05, 0) is 31.1 Å². The number of nitrogens with zero attached hydrogens (tertiary/aromatic N) is 3. The van der Waals surface area contributed by atoms with E-state index < -0.39 is 0 Å². The Labute approximate surface area is 122 Å². The fraction of sp³-hybridized carbons (Fsp3) is 0.714. The minimum absolute atomic E-state index is 0.220. The van der Waals surface area contributed by atoms with Gasteiger partial charge in [0.15, 0.2) is 0 Å². The molecule has 3 aliphatic heterocycles. The first-order chi connectivity index (χ1) is 9.67. The van der Waals surface area contributed by atoms with E-state index in [1.54, 1.807) is 4.57 Å². The van der Waals surface area contributed by atoms with Crippen molar-refractivity contribution < 1.29 is 4.74 Å².